The van der Waals surface area contributed by atoms with Crippen molar-refractivity contribution in [1.29, 1.82) is 0 Å². The summed E-state index contributed by atoms with van der Waals surface area (Å²) in [6.45, 7) is 1.77. The van der Waals surface area contributed by atoms with E-state index in [1.165, 1.54) is 0 Å². The van der Waals surface area contributed by atoms with Crippen molar-refractivity contribution in [2.24, 2.45) is 35.5 Å². The first-order valence-corrected chi connectivity index (χ1v) is 12.5. The van der Waals surface area contributed by atoms with Crippen LogP contribution in [0.4, 0.5) is 0 Å². The third-order valence-electron chi connectivity index (χ3n) is 8.21. The van der Waals surface area contributed by atoms with Crippen molar-refractivity contribution in [3.8, 4) is 0 Å². The highest BCUT2D eigenvalue weighted by Gasteiger charge is 2.68. The van der Waals surface area contributed by atoms with Crippen LogP contribution in [0.1, 0.15) is 40.5 Å². The van der Waals surface area contributed by atoms with Crippen LogP contribution in [0, 0.1) is 35.5 Å². The van der Waals surface area contributed by atoms with Crippen LogP contribution in [0.2, 0.25) is 5.02 Å². The van der Waals surface area contributed by atoms with Crippen LogP contribution in [0.15, 0.2) is 66.7 Å². The first-order valence-electron chi connectivity index (χ1n) is 12.2. The fourth-order valence-corrected chi connectivity index (χ4v) is 6.76. The number of ketones is 1. The van der Waals surface area contributed by atoms with Crippen LogP contribution >= 0.6 is 11.6 Å². The number of amides is 3. The van der Waals surface area contributed by atoms with Gasteiger partial charge in [-0.3, -0.25) is 19.2 Å². The van der Waals surface area contributed by atoms with Gasteiger partial charge in [0.2, 0.25) is 0 Å². The maximum Gasteiger partial charge on any atom is 0.275 e. The van der Waals surface area contributed by atoms with E-state index >= 15 is 0 Å². The van der Waals surface area contributed by atoms with Gasteiger partial charge in [-0.25, -0.2) is 5.01 Å². The Morgan fingerprint density at radius 2 is 1.51 bits per heavy atom. The molecule has 3 fully saturated rings. The van der Waals surface area contributed by atoms with Gasteiger partial charge < -0.3 is 0 Å². The number of hydrogen-bond acceptors (Lipinski definition) is 4. The molecule has 2 saturated carbocycles. The molecule has 1 aliphatic heterocycles. The normalized spacial score (nSPS) is 30.6. The number of imide groups is 1. The van der Waals surface area contributed by atoms with Crippen LogP contribution in [0.3, 0.4) is 0 Å². The summed E-state index contributed by atoms with van der Waals surface area (Å²) in [5.41, 5.74) is 0.559. The predicted octanol–water partition coefficient (Wildman–Crippen LogP) is 4.41. The zero-order valence-electron chi connectivity index (χ0n) is 19.2. The Morgan fingerprint density at radius 3 is 2.09 bits per heavy atom. The molecule has 2 aromatic rings. The summed E-state index contributed by atoms with van der Waals surface area (Å²) in [5.74, 6) is -1.79. The Kier molecular flexibility index (Phi) is 5.18. The Labute approximate surface area is 208 Å². The smallest absolute Gasteiger partial charge is 0.275 e. The minimum absolute atomic E-state index is 0.0126. The minimum Gasteiger partial charge on any atom is -0.292 e. The van der Waals surface area contributed by atoms with Crippen molar-refractivity contribution in [3.05, 3.63) is 82.9 Å². The third kappa shape index (κ3) is 3.23. The van der Waals surface area contributed by atoms with E-state index in [9.17, 15) is 19.2 Å². The molecule has 1 heterocycles. The lowest BCUT2D eigenvalue weighted by Gasteiger charge is -2.37. The second-order valence-electron chi connectivity index (χ2n) is 9.93. The van der Waals surface area contributed by atoms with E-state index in [0.717, 1.165) is 16.4 Å². The quantitative estimate of drug-likeness (QED) is 0.343. The van der Waals surface area contributed by atoms with Gasteiger partial charge in [0.05, 0.1) is 22.4 Å². The number of Topliss-reactive ketones (excluding diaryl/α,β-unsaturated/α-hetero) is 1. The number of halogens is 1. The summed E-state index contributed by atoms with van der Waals surface area (Å²) < 4.78 is 0. The Morgan fingerprint density at radius 1 is 0.943 bits per heavy atom. The summed E-state index contributed by atoms with van der Waals surface area (Å²) in [5, 5.41) is 2.29. The first-order chi connectivity index (χ1) is 16.9. The van der Waals surface area contributed by atoms with Crippen molar-refractivity contribution < 1.29 is 19.2 Å². The number of hydrazine groups is 1. The van der Waals surface area contributed by atoms with Crippen LogP contribution in [-0.2, 0) is 9.59 Å². The van der Waals surface area contributed by atoms with E-state index in [-0.39, 0.29) is 46.4 Å². The largest absolute Gasteiger partial charge is 0.292 e. The number of carbonyl (C=O) groups excluding carboxylic acids is 4. The molecule has 1 saturated heterocycles. The van der Waals surface area contributed by atoms with Gasteiger partial charge in [-0.05, 0) is 48.6 Å². The van der Waals surface area contributed by atoms with E-state index in [2.05, 4.69) is 12.2 Å². The molecule has 7 heteroatoms. The van der Waals surface area contributed by atoms with E-state index in [1.807, 2.05) is 0 Å². The second kappa shape index (κ2) is 8.16. The lowest BCUT2D eigenvalue weighted by molar-refractivity contribution is -0.157. The number of carbonyl (C=O) groups is 4. The summed E-state index contributed by atoms with van der Waals surface area (Å²) >= 11 is 6.36. The minimum atomic E-state index is -1.03. The van der Waals surface area contributed by atoms with Crippen molar-refractivity contribution in [3.63, 3.8) is 0 Å². The molecule has 3 amide bonds. The van der Waals surface area contributed by atoms with Gasteiger partial charge in [0, 0.05) is 5.56 Å². The standard InChI is InChI=1S/C28H25ClN2O4/c1-2-22(25(32)15-8-4-3-5-9-15)30(26(33)18-10-6-7-11-21(18)29)31-27(34)23-16-12-13-17(20-14-19(16)20)24(23)28(31)35/h3-13,16-17,19-20,22-24H,2,14H2,1H3/t16-,17-,19-,20+,22+,23+,24+/m0/s1. The van der Waals surface area contributed by atoms with Gasteiger partial charge in [-0.1, -0.05) is 73.1 Å². The lowest BCUT2D eigenvalue weighted by atomic mass is 9.63. The molecular weight excluding hydrogens is 464 g/mol. The molecule has 2 aromatic carbocycles. The molecule has 0 unspecified atom stereocenters. The topological polar surface area (TPSA) is 74.8 Å². The summed E-state index contributed by atoms with van der Waals surface area (Å²) in [6.07, 6.45) is 5.44. The Balaban J connectivity index is 1.44. The maximum atomic E-state index is 14.0. The molecule has 7 atom stereocenters. The number of rotatable bonds is 6. The molecule has 178 valence electrons. The molecule has 7 rings (SSSR count). The zero-order valence-corrected chi connectivity index (χ0v) is 20.0. The van der Waals surface area contributed by atoms with Gasteiger partial charge in [-0.2, -0.15) is 5.01 Å². The molecule has 0 aromatic heterocycles. The Hall–Kier alpha value is -3.25. The fourth-order valence-electron chi connectivity index (χ4n) is 6.55. The monoisotopic (exact) mass is 488 g/mol. The molecule has 4 aliphatic carbocycles. The molecule has 0 radical (unpaired) electrons. The van der Waals surface area contributed by atoms with E-state index in [1.54, 1.807) is 61.5 Å². The molecule has 0 spiro atoms. The molecule has 2 bridgehead atoms. The lowest BCUT2D eigenvalue weighted by Crippen LogP contribution is -2.57. The van der Waals surface area contributed by atoms with Crippen molar-refractivity contribution >= 4 is 35.1 Å². The summed E-state index contributed by atoms with van der Waals surface area (Å²) in [4.78, 5) is 55.4. The highest BCUT2D eigenvalue weighted by atomic mass is 35.5. The number of allylic oxidation sites excluding steroid dienone is 2. The highest BCUT2D eigenvalue weighted by Crippen LogP contribution is 2.65. The first kappa shape index (κ1) is 22.2. The van der Waals surface area contributed by atoms with Crippen LogP contribution in [-0.4, -0.2) is 39.6 Å². The Bertz CT molecular complexity index is 1240. The molecule has 35 heavy (non-hydrogen) atoms. The summed E-state index contributed by atoms with van der Waals surface area (Å²) in [7, 11) is 0. The van der Waals surface area contributed by atoms with Crippen molar-refractivity contribution in [1.82, 2.24) is 10.0 Å². The predicted molar refractivity (Wildman–Crippen MR) is 129 cm³/mol. The summed E-state index contributed by atoms with van der Waals surface area (Å²) in [6, 6.07) is 14.1. The second-order valence-corrected chi connectivity index (χ2v) is 10.3. The molecule has 5 aliphatic rings. The van der Waals surface area contributed by atoms with Gasteiger partial charge in [0.1, 0.15) is 6.04 Å². The number of benzene rings is 2. The average Bonchev–Trinajstić information content (AvgIpc) is 3.66. The van der Waals surface area contributed by atoms with Crippen molar-refractivity contribution in [2.45, 2.75) is 25.8 Å². The van der Waals surface area contributed by atoms with Gasteiger partial charge >= 0.3 is 0 Å². The van der Waals surface area contributed by atoms with Crippen molar-refractivity contribution in [2.75, 3.05) is 0 Å². The molecular formula is C28H25ClN2O4. The molecule has 6 nitrogen and oxygen atoms in total. The zero-order chi connectivity index (χ0) is 24.4. The van der Waals surface area contributed by atoms with E-state index in [0.29, 0.717) is 17.4 Å². The number of nitrogens with zero attached hydrogens (tertiary/aromatic N) is 2. The number of hydrogen-bond donors (Lipinski definition) is 0. The average molecular weight is 489 g/mol. The maximum absolute atomic E-state index is 14.0. The van der Waals surface area contributed by atoms with Crippen LogP contribution in [0.25, 0.3) is 0 Å². The molecule has 0 N–H and O–H groups in total. The van der Waals surface area contributed by atoms with Gasteiger partial charge in [0.15, 0.2) is 5.78 Å². The fraction of sp³-hybridized carbons (Fsp3) is 0.357. The van der Waals surface area contributed by atoms with Gasteiger partial charge in [0.25, 0.3) is 17.7 Å². The van der Waals surface area contributed by atoms with E-state index < -0.39 is 23.8 Å². The van der Waals surface area contributed by atoms with Crippen LogP contribution < -0.4 is 0 Å². The SMILES string of the molecule is CC[C@H](C(=O)c1ccccc1)N(C(=O)c1ccccc1Cl)N1C(=O)[C@@H]2[C@H]3C=C[C@@H]([C@@H]4C[C@H]34)[C@H]2C1=O. The van der Waals surface area contributed by atoms with Gasteiger partial charge in [-0.15, -0.1) is 0 Å². The van der Waals surface area contributed by atoms with Crippen LogP contribution in [0.5, 0.6) is 0 Å². The van der Waals surface area contributed by atoms with E-state index in [4.69, 9.17) is 11.6 Å². The third-order valence-corrected chi connectivity index (χ3v) is 8.54. The highest BCUT2D eigenvalue weighted by molar-refractivity contribution is 6.34.